The molecule has 0 aromatic rings. The van der Waals surface area contributed by atoms with Crippen molar-refractivity contribution in [1.29, 1.82) is 0 Å². The predicted octanol–water partition coefficient (Wildman–Crippen LogP) is 1.17. The summed E-state index contributed by atoms with van der Waals surface area (Å²) in [4.78, 5) is 0. The molecular weight excluding hydrogens is 100 g/mol. The molecule has 0 spiro atoms. The quantitative estimate of drug-likeness (QED) is 0.539. The zero-order chi connectivity index (χ0) is 5.56. The molecule has 2 aliphatic rings. The van der Waals surface area contributed by atoms with Crippen molar-refractivity contribution in [2.75, 3.05) is 0 Å². The van der Waals surface area contributed by atoms with Crippen LogP contribution in [0.1, 0.15) is 25.7 Å². The van der Waals surface area contributed by atoms with E-state index in [-0.39, 0.29) is 6.10 Å². The zero-order valence-electron chi connectivity index (χ0n) is 5.01. The Balaban J connectivity index is 1.78. The Labute approximate surface area is 49.7 Å². The molecular formula is C7H12O. The summed E-state index contributed by atoms with van der Waals surface area (Å²) in [5.74, 6) is 1.95. The van der Waals surface area contributed by atoms with Gasteiger partial charge in [-0.15, -0.1) is 0 Å². The minimum Gasteiger partial charge on any atom is -0.393 e. The first-order valence-electron chi connectivity index (χ1n) is 3.54. The molecule has 2 fully saturated rings. The molecule has 0 unspecified atom stereocenters. The lowest BCUT2D eigenvalue weighted by Gasteiger charge is -2.31. The molecule has 1 N–H and O–H groups in total. The Bertz CT molecular complexity index is 90.6. The van der Waals surface area contributed by atoms with Crippen molar-refractivity contribution in [3.05, 3.63) is 0 Å². The monoisotopic (exact) mass is 112 g/mol. The predicted molar refractivity (Wildman–Crippen MR) is 31.5 cm³/mol. The lowest BCUT2D eigenvalue weighted by molar-refractivity contribution is 0.0329. The van der Waals surface area contributed by atoms with E-state index in [4.69, 9.17) is 5.11 Å². The summed E-state index contributed by atoms with van der Waals surface area (Å²) in [5, 5.41) is 8.90. The van der Waals surface area contributed by atoms with Gasteiger partial charge >= 0.3 is 0 Å². The van der Waals surface area contributed by atoms with Gasteiger partial charge in [0.15, 0.2) is 0 Å². The van der Waals surface area contributed by atoms with Gasteiger partial charge in [0.05, 0.1) is 6.10 Å². The molecule has 0 bridgehead atoms. The number of hydrogen-bond donors (Lipinski definition) is 1. The van der Waals surface area contributed by atoms with Gasteiger partial charge in [0, 0.05) is 0 Å². The number of aliphatic hydroxyl groups excluding tert-OH is 1. The summed E-state index contributed by atoms with van der Waals surface area (Å²) in [7, 11) is 0. The maximum atomic E-state index is 8.90. The molecule has 0 aliphatic heterocycles. The average molecular weight is 112 g/mol. The third kappa shape index (κ3) is 0.655. The van der Waals surface area contributed by atoms with Gasteiger partial charge in [-0.05, 0) is 37.5 Å². The third-order valence-electron chi connectivity index (χ3n) is 2.44. The summed E-state index contributed by atoms with van der Waals surface area (Å²) in [6.07, 6.45) is 5.16. The van der Waals surface area contributed by atoms with E-state index in [9.17, 15) is 0 Å². The van der Waals surface area contributed by atoms with E-state index in [1.807, 2.05) is 0 Å². The fraction of sp³-hybridized carbons (Fsp3) is 1.00. The highest BCUT2D eigenvalue weighted by Crippen LogP contribution is 2.46. The highest BCUT2D eigenvalue weighted by atomic mass is 16.3. The molecule has 0 radical (unpaired) electrons. The second-order valence-electron chi connectivity index (χ2n) is 3.22. The van der Waals surface area contributed by atoms with Crippen LogP contribution < -0.4 is 0 Å². The fourth-order valence-electron chi connectivity index (χ4n) is 1.58. The van der Waals surface area contributed by atoms with Gasteiger partial charge < -0.3 is 5.11 Å². The molecule has 0 aromatic carbocycles. The van der Waals surface area contributed by atoms with Crippen LogP contribution in [-0.4, -0.2) is 11.2 Å². The van der Waals surface area contributed by atoms with Gasteiger partial charge in [0.25, 0.3) is 0 Å². The van der Waals surface area contributed by atoms with Crippen molar-refractivity contribution in [2.24, 2.45) is 11.8 Å². The standard InChI is InChI=1S/C7H12O/c8-7-3-6(4-7)5-1-2-5/h5-8H,1-4H2. The van der Waals surface area contributed by atoms with Crippen LogP contribution in [0.3, 0.4) is 0 Å². The first-order chi connectivity index (χ1) is 3.86. The summed E-state index contributed by atoms with van der Waals surface area (Å²) in [6, 6.07) is 0. The lowest BCUT2D eigenvalue weighted by Crippen LogP contribution is -2.29. The van der Waals surface area contributed by atoms with E-state index in [1.165, 1.54) is 12.8 Å². The minimum absolute atomic E-state index is 0.0700. The van der Waals surface area contributed by atoms with E-state index in [0.29, 0.717) is 0 Å². The van der Waals surface area contributed by atoms with Crippen LogP contribution in [-0.2, 0) is 0 Å². The second-order valence-corrected chi connectivity index (χ2v) is 3.22. The number of rotatable bonds is 1. The summed E-state index contributed by atoms with van der Waals surface area (Å²) >= 11 is 0. The Morgan fingerprint density at radius 1 is 1.00 bits per heavy atom. The van der Waals surface area contributed by atoms with E-state index in [2.05, 4.69) is 0 Å². The maximum Gasteiger partial charge on any atom is 0.0545 e. The fourth-order valence-corrected chi connectivity index (χ4v) is 1.58. The van der Waals surface area contributed by atoms with Crippen LogP contribution in [0.5, 0.6) is 0 Å². The first kappa shape index (κ1) is 4.80. The highest BCUT2D eigenvalue weighted by molar-refractivity contribution is 4.90. The summed E-state index contributed by atoms with van der Waals surface area (Å²) in [6.45, 7) is 0. The normalized spacial score (nSPS) is 46.1. The first-order valence-corrected chi connectivity index (χ1v) is 3.54. The zero-order valence-corrected chi connectivity index (χ0v) is 5.01. The molecule has 0 aromatic heterocycles. The van der Waals surface area contributed by atoms with Crippen molar-refractivity contribution in [3.63, 3.8) is 0 Å². The average Bonchev–Trinajstić information content (AvgIpc) is 2.37. The largest absolute Gasteiger partial charge is 0.393 e. The van der Waals surface area contributed by atoms with Crippen LogP contribution in [0, 0.1) is 11.8 Å². The molecule has 1 heteroatoms. The molecule has 8 heavy (non-hydrogen) atoms. The van der Waals surface area contributed by atoms with Crippen LogP contribution in [0.25, 0.3) is 0 Å². The molecule has 2 aliphatic carbocycles. The van der Waals surface area contributed by atoms with Gasteiger partial charge in [-0.1, -0.05) is 0 Å². The van der Waals surface area contributed by atoms with Crippen molar-refractivity contribution in [1.82, 2.24) is 0 Å². The van der Waals surface area contributed by atoms with Gasteiger partial charge in [0.1, 0.15) is 0 Å². The number of aliphatic hydroxyl groups is 1. The van der Waals surface area contributed by atoms with Crippen molar-refractivity contribution >= 4 is 0 Å². The van der Waals surface area contributed by atoms with Crippen molar-refractivity contribution < 1.29 is 5.11 Å². The molecule has 0 amide bonds. The van der Waals surface area contributed by atoms with E-state index in [1.54, 1.807) is 0 Å². The SMILES string of the molecule is OC1CC(C2CC2)C1. The van der Waals surface area contributed by atoms with Crippen molar-refractivity contribution in [2.45, 2.75) is 31.8 Å². The molecule has 46 valence electrons. The number of hydrogen-bond acceptors (Lipinski definition) is 1. The molecule has 2 saturated carbocycles. The van der Waals surface area contributed by atoms with Gasteiger partial charge in [-0.2, -0.15) is 0 Å². The maximum absolute atomic E-state index is 8.90. The summed E-state index contributed by atoms with van der Waals surface area (Å²) in [5.41, 5.74) is 0. The molecule has 2 rings (SSSR count). The molecule has 1 nitrogen and oxygen atoms in total. The topological polar surface area (TPSA) is 20.2 Å². The van der Waals surface area contributed by atoms with Crippen LogP contribution >= 0.6 is 0 Å². The second kappa shape index (κ2) is 1.47. The van der Waals surface area contributed by atoms with Gasteiger partial charge in [0.2, 0.25) is 0 Å². The van der Waals surface area contributed by atoms with E-state index in [0.717, 1.165) is 24.7 Å². The van der Waals surface area contributed by atoms with Crippen molar-refractivity contribution in [3.8, 4) is 0 Å². The minimum atomic E-state index is 0.0700. The smallest absolute Gasteiger partial charge is 0.0545 e. The van der Waals surface area contributed by atoms with E-state index < -0.39 is 0 Å². The van der Waals surface area contributed by atoms with Crippen LogP contribution in [0.4, 0.5) is 0 Å². The Morgan fingerprint density at radius 3 is 2.00 bits per heavy atom. The Kier molecular flexibility index (Phi) is 0.884. The Morgan fingerprint density at radius 2 is 1.62 bits per heavy atom. The molecule has 0 saturated heterocycles. The highest BCUT2D eigenvalue weighted by Gasteiger charge is 2.39. The van der Waals surface area contributed by atoms with Gasteiger partial charge in [-0.3, -0.25) is 0 Å². The van der Waals surface area contributed by atoms with Crippen LogP contribution in [0.2, 0.25) is 0 Å². The Hall–Kier alpha value is -0.0400. The molecule has 0 atom stereocenters. The van der Waals surface area contributed by atoms with Crippen LogP contribution in [0.15, 0.2) is 0 Å². The summed E-state index contributed by atoms with van der Waals surface area (Å²) < 4.78 is 0. The third-order valence-corrected chi connectivity index (χ3v) is 2.44. The van der Waals surface area contributed by atoms with E-state index >= 15 is 0 Å². The molecule has 0 heterocycles. The lowest BCUT2D eigenvalue weighted by atomic mass is 9.79. The van der Waals surface area contributed by atoms with Gasteiger partial charge in [-0.25, -0.2) is 0 Å².